The molecule has 0 aliphatic rings. The molecule has 0 fully saturated rings. The van der Waals surface area contributed by atoms with Crippen molar-refractivity contribution in [3.63, 3.8) is 0 Å². The second-order valence-electron chi connectivity index (χ2n) is 2.65. The summed E-state index contributed by atoms with van der Waals surface area (Å²) in [4.78, 5) is 20.6. The van der Waals surface area contributed by atoms with Gasteiger partial charge in [0.15, 0.2) is 6.04 Å². The number of carboxylic acids is 1. The zero-order valence-electron chi connectivity index (χ0n) is 6.88. The molecule has 1 unspecified atom stereocenters. The van der Waals surface area contributed by atoms with Crippen LogP contribution in [0.5, 0.6) is 0 Å². The van der Waals surface area contributed by atoms with Crippen LogP contribution < -0.4 is 0 Å². The van der Waals surface area contributed by atoms with Gasteiger partial charge in [0, 0.05) is 6.42 Å². The Morgan fingerprint density at radius 3 is 2.36 bits per heavy atom. The fraction of sp³-hybridized carbons (Fsp3) is 0.222. The van der Waals surface area contributed by atoms with E-state index in [9.17, 15) is 9.70 Å². The van der Waals surface area contributed by atoms with E-state index in [1.165, 1.54) is 0 Å². The maximum absolute atomic E-state index is 10.4. The van der Waals surface area contributed by atoms with Gasteiger partial charge in [0.1, 0.15) is 0 Å². The molecule has 5 heteroatoms. The van der Waals surface area contributed by atoms with E-state index in [0.717, 1.165) is 5.56 Å². The molecule has 0 saturated heterocycles. The normalized spacial score (nSPS) is 11.1. The Labute approximate surface area is 111 Å². The predicted octanol–water partition coefficient (Wildman–Crippen LogP) is 0.532. The first kappa shape index (κ1) is 13.5. The van der Waals surface area contributed by atoms with Crippen molar-refractivity contribution in [3.8, 4) is 0 Å². The van der Waals surface area contributed by atoms with Gasteiger partial charge in [-0.2, -0.15) is 0 Å². The van der Waals surface area contributed by atoms with Crippen molar-refractivity contribution < 1.29 is 9.90 Å². The van der Waals surface area contributed by atoms with Gasteiger partial charge in [-0.15, -0.1) is 4.91 Å². The number of nitrogens with zero attached hydrogens (tertiary/aromatic N) is 1. The molecule has 72 valence electrons. The molecule has 4 nitrogen and oxygen atoms in total. The Bertz CT molecular complexity index is 302. The number of nitroso groups, excluding NO2 is 1. The summed E-state index contributed by atoms with van der Waals surface area (Å²) in [6, 6.07) is 7.76. The predicted molar refractivity (Wildman–Crippen MR) is 55.9 cm³/mol. The molecule has 0 saturated carbocycles. The Hall–Kier alpha value is -0.450. The molecule has 0 aliphatic heterocycles. The number of rotatable bonds is 4. The van der Waals surface area contributed by atoms with Gasteiger partial charge in [0.25, 0.3) is 0 Å². The van der Waals surface area contributed by atoms with Crippen LogP contribution in [0.4, 0.5) is 0 Å². The van der Waals surface area contributed by atoms with Crippen LogP contribution in [0.15, 0.2) is 35.5 Å². The third-order valence-electron chi connectivity index (χ3n) is 1.68. The molecule has 1 atom stereocenters. The molecule has 0 spiro atoms. The summed E-state index contributed by atoms with van der Waals surface area (Å²) in [5.41, 5.74) is 0.800. The zero-order valence-corrected chi connectivity index (χ0v) is 6.88. The Morgan fingerprint density at radius 2 is 1.93 bits per heavy atom. The van der Waals surface area contributed by atoms with Gasteiger partial charge >= 0.3 is 43.7 Å². The number of hydrogen-bond acceptors (Lipinski definition) is 3. The minimum absolute atomic E-state index is 0. The second-order valence-corrected chi connectivity index (χ2v) is 2.65. The molecule has 1 aromatic carbocycles. The van der Waals surface area contributed by atoms with Crippen molar-refractivity contribution in [3.05, 3.63) is 40.8 Å². The van der Waals surface area contributed by atoms with E-state index >= 15 is 0 Å². The quantitative estimate of drug-likeness (QED) is 0.596. The summed E-state index contributed by atoms with van der Waals surface area (Å²) >= 11 is 0. The van der Waals surface area contributed by atoms with Gasteiger partial charge in [-0.3, -0.25) is 0 Å². The first-order valence-corrected chi connectivity index (χ1v) is 3.83. The molecule has 14 heavy (non-hydrogen) atoms. The fourth-order valence-electron chi connectivity index (χ4n) is 1.01. The molecule has 1 aromatic rings. The van der Waals surface area contributed by atoms with Gasteiger partial charge in [0.2, 0.25) is 0 Å². The number of carboxylic acid groups (broad SMARTS) is 1. The van der Waals surface area contributed by atoms with Gasteiger partial charge in [-0.05, 0) is 5.56 Å². The second kappa shape index (κ2) is 6.92. The third kappa shape index (κ3) is 4.17. The van der Waals surface area contributed by atoms with Gasteiger partial charge in [0.05, 0.1) is 0 Å². The average molecular weight is 221 g/mol. The van der Waals surface area contributed by atoms with E-state index in [-0.39, 0.29) is 44.2 Å². The average Bonchev–Trinajstić information content (AvgIpc) is 2.15. The Balaban J connectivity index is 0.00000169. The number of aliphatic carboxylic acids is 1. The van der Waals surface area contributed by atoms with E-state index < -0.39 is 12.0 Å². The van der Waals surface area contributed by atoms with Crippen molar-refractivity contribution in [1.29, 1.82) is 0 Å². The fourth-order valence-corrected chi connectivity index (χ4v) is 1.01. The van der Waals surface area contributed by atoms with E-state index in [1.54, 1.807) is 24.3 Å². The van der Waals surface area contributed by atoms with Crippen LogP contribution in [0.3, 0.4) is 0 Å². The molecule has 0 aliphatic carbocycles. The molecular weight excluding hydrogens is 210 g/mol. The topological polar surface area (TPSA) is 66.7 Å². The van der Waals surface area contributed by atoms with Crippen molar-refractivity contribution in [2.24, 2.45) is 5.18 Å². The van der Waals surface area contributed by atoms with Crippen LogP contribution in [0.25, 0.3) is 0 Å². The molecule has 0 bridgehead atoms. The summed E-state index contributed by atoms with van der Waals surface area (Å²) in [6.07, 6.45) is 0.152. The molecule has 1 N–H and O–H groups in total. The van der Waals surface area contributed by atoms with Gasteiger partial charge in [-0.1, -0.05) is 35.5 Å². The summed E-state index contributed by atoms with van der Waals surface area (Å²) in [5, 5.41) is 11.1. The first-order chi connectivity index (χ1) is 6.24. The van der Waals surface area contributed by atoms with Gasteiger partial charge < -0.3 is 5.11 Å². The third-order valence-corrected chi connectivity index (χ3v) is 1.68. The van der Waals surface area contributed by atoms with Crippen LogP contribution >= 0.6 is 0 Å². The molecule has 0 amide bonds. The summed E-state index contributed by atoms with van der Waals surface area (Å²) in [7, 11) is 0. The van der Waals surface area contributed by atoms with E-state index in [1.807, 2.05) is 6.07 Å². The van der Waals surface area contributed by atoms with Gasteiger partial charge in [-0.25, -0.2) is 4.79 Å². The number of benzene rings is 1. The van der Waals surface area contributed by atoms with Crippen molar-refractivity contribution in [2.45, 2.75) is 12.5 Å². The number of hydrogen-bond donors (Lipinski definition) is 1. The SMILES string of the molecule is O=NC(Cc1ccccc1)C(=O)O.[CaH2]. The summed E-state index contributed by atoms with van der Waals surface area (Å²) in [6.45, 7) is 0. The van der Waals surface area contributed by atoms with E-state index in [0.29, 0.717) is 0 Å². The molecular formula is C9H11CaNO3. The van der Waals surface area contributed by atoms with E-state index in [4.69, 9.17) is 5.11 Å². The van der Waals surface area contributed by atoms with Crippen LogP contribution in [-0.2, 0) is 11.2 Å². The minimum atomic E-state index is -1.18. The Morgan fingerprint density at radius 1 is 1.36 bits per heavy atom. The first-order valence-electron chi connectivity index (χ1n) is 3.83. The van der Waals surface area contributed by atoms with Crippen molar-refractivity contribution in [1.82, 2.24) is 0 Å². The van der Waals surface area contributed by atoms with Crippen LogP contribution in [0.2, 0.25) is 0 Å². The molecule has 1 rings (SSSR count). The zero-order chi connectivity index (χ0) is 9.68. The van der Waals surface area contributed by atoms with Crippen molar-refractivity contribution in [2.75, 3.05) is 0 Å². The number of carbonyl (C=O) groups is 1. The van der Waals surface area contributed by atoms with Crippen LogP contribution in [0.1, 0.15) is 5.56 Å². The Kier molecular flexibility index (Phi) is 6.70. The maximum atomic E-state index is 10.4. The standard InChI is InChI=1S/C9H9NO3.Ca.2H/c11-9(12)8(10-13)6-7-4-2-1-3-5-7;;;/h1-5,8H,6H2,(H,11,12);;;. The molecule has 0 aromatic heterocycles. The molecule has 0 radical (unpaired) electrons. The van der Waals surface area contributed by atoms with Crippen LogP contribution in [-0.4, -0.2) is 54.9 Å². The monoisotopic (exact) mass is 221 g/mol. The molecule has 0 heterocycles. The van der Waals surface area contributed by atoms with Crippen molar-refractivity contribution >= 4 is 43.7 Å². The summed E-state index contributed by atoms with van der Waals surface area (Å²) in [5.74, 6) is -1.18. The van der Waals surface area contributed by atoms with Crippen LogP contribution in [0, 0.1) is 4.91 Å². The summed E-state index contributed by atoms with van der Waals surface area (Å²) < 4.78 is 0. The van der Waals surface area contributed by atoms with E-state index in [2.05, 4.69) is 5.18 Å².